The Bertz CT molecular complexity index is 362. The highest BCUT2D eigenvalue weighted by atomic mass is 15.3. The topological polar surface area (TPSA) is 44.3 Å². The highest BCUT2D eigenvalue weighted by Crippen LogP contribution is 2.14. The molecule has 1 aromatic rings. The van der Waals surface area contributed by atoms with Gasteiger partial charge >= 0.3 is 0 Å². The number of hydrogen-bond donors (Lipinski definition) is 1. The van der Waals surface area contributed by atoms with E-state index in [9.17, 15) is 0 Å². The normalized spacial score (nSPS) is 15.8. The van der Waals surface area contributed by atoms with Gasteiger partial charge in [-0.2, -0.15) is 4.98 Å². The maximum absolute atomic E-state index is 4.66. The summed E-state index contributed by atoms with van der Waals surface area (Å²) < 4.78 is 0. The Morgan fingerprint density at radius 3 is 2.89 bits per heavy atom. The van der Waals surface area contributed by atoms with Crippen molar-refractivity contribution in [2.45, 2.75) is 19.8 Å². The van der Waals surface area contributed by atoms with Gasteiger partial charge in [-0.15, -0.1) is 0 Å². The first-order chi connectivity index (χ1) is 8.81. The van der Waals surface area contributed by atoms with Gasteiger partial charge in [-0.1, -0.05) is 13.3 Å². The van der Waals surface area contributed by atoms with Crippen LogP contribution >= 0.6 is 0 Å². The summed E-state index contributed by atoms with van der Waals surface area (Å²) in [4.78, 5) is 13.5. The fourth-order valence-corrected chi connectivity index (χ4v) is 2.09. The van der Waals surface area contributed by atoms with Crippen molar-refractivity contribution >= 4 is 11.8 Å². The molecule has 0 bridgehead atoms. The molecule has 1 aliphatic rings. The second-order valence-electron chi connectivity index (χ2n) is 4.73. The van der Waals surface area contributed by atoms with Crippen molar-refractivity contribution in [3.63, 3.8) is 0 Å². The molecule has 5 heteroatoms. The second kappa shape index (κ2) is 6.54. The summed E-state index contributed by atoms with van der Waals surface area (Å²) >= 11 is 0. The van der Waals surface area contributed by atoms with Crippen molar-refractivity contribution in [2.24, 2.45) is 0 Å². The highest BCUT2D eigenvalue weighted by Gasteiger charge is 2.13. The smallest absolute Gasteiger partial charge is 0.226 e. The van der Waals surface area contributed by atoms with Gasteiger partial charge in [-0.3, -0.25) is 0 Å². The molecule has 18 heavy (non-hydrogen) atoms. The first-order valence-electron chi connectivity index (χ1n) is 6.81. The van der Waals surface area contributed by atoms with Crippen LogP contribution < -0.4 is 15.1 Å². The fourth-order valence-electron chi connectivity index (χ4n) is 2.09. The van der Waals surface area contributed by atoms with Crippen LogP contribution in [-0.2, 0) is 0 Å². The summed E-state index contributed by atoms with van der Waals surface area (Å²) in [7, 11) is 2.06. The average molecular weight is 249 g/mol. The van der Waals surface area contributed by atoms with E-state index in [0.717, 1.165) is 44.5 Å². The number of piperazine rings is 1. The van der Waals surface area contributed by atoms with Crippen LogP contribution in [0.5, 0.6) is 0 Å². The molecule has 0 amide bonds. The minimum absolute atomic E-state index is 0.833. The van der Waals surface area contributed by atoms with E-state index in [-0.39, 0.29) is 0 Å². The molecule has 0 atom stereocenters. The van der Waals surface area contributed by atoms with Crippen LogP contribution in [-0.4, -0.2) is 49.7 Å². The molecule has 1 N–H and O–H groups in total. The molecule has 0 aliphatic carbocycles. The van der Waals surface area contributed by atoms with E-state index in [1.165, 1.54) is 12.8 Å². The SMILES string of the molecule is CCCCN(C)c1nccc(N2CCNCC2)n1. The molecule has 1 saturated heterocycles. The summed E-state index contributed by atoms with van der Waals surface area (Å²) in [6.07, 6.45) is 4.24. The molecular formula is C13H23N5. The summed E-state index contributed by atoms with van der Waals surface area (Å²) in [5.41, 5.74) is 0. The van der Waals surface area contributed by atoms with Crippen LogP contribution in [0.3, 0.4) is 0 Å². The van der Waals surface area contributed by atoms with E-state index >= 15 is 0 Å². The quantitative estimate of drug-likeness (QED) is 0.847. The molecular weight excluding hydrogens is 226 g/mol. The zero-order valence-corrected chi connectivity index (χ0v) is 11.4. The number of nitrogens with one attached hydrogen (secondary N) is 1. The fraction of sp³-hybridized carbons (Fsp3) is 0.692. The molecule has 5 nitrogen and oxygen atoms in total. The standard InChI is InChI=1S/C13H23N5/c1-3-4-9-17(2)13-15-6-5-12(16-13)18-10-7-14-8-11-18/h5-6,14H,3-4,7-11H2,1-2H3. The Balaban J connectivity index is 2.04. The van der Waals surface area contributed by atoms with Gasteiger partial charge in [-0.25, -0.2) is 4.98 Å². The lowest BCUT2D eigenvalue weighted by atomic mass is 10.3. The molecule has 100 valence electrons. The van der Waals surface area contributed by atoms with Crippen LogP contribution in [0.2, 0.25) is 0 Å². The number of anilines is 2. The van der Waals surface area contributed by atoms with Crippen LogP contribution in [0.15, 0.2) is 12.3 Å². The lowest BCUT2D eigenvalue weighted by Crippen LogP contribution is -2.44. The Morgan fingerprint density at radius 1 is 1.39 bits per heavy atom. The van der Waals surface area contributed by atoms with Gasteiger partial charge in [-0.05, 0) is 12.5 Å². The molecule has 1 fully saturated rings. The van der Waals surface area contributed by atoms with Crippen molar-refractivity contribution in [2.75, 3.05) is 49.6 Å². The maximum atomic E-state index is 4.66. The summed E-state index contributed by atoms with van der Waals surface area (Å²) in [5.74, 6) is 1.88. The third kappa shape index (κ3) is 3.32. The Hall–Kier alpha value is -1.36. The van der Waals surface area contributed by atoms with E-state index in [2.05, 4.69) is 39.1 Å². The van der Waals surface area contributed by atoms with E-state index in [1.54, 1.807) is 0 Å². The molecule has 1 aliphatic heterocycles. The number of nitrogens with zero attached hydrogens (tertiary/aromatic N) is 4. The first-order valence-corrected chi connectivity index (χ1v) is 6.81. The van der Waals surface area contributed by atoms with Gasteiger partial charge in [0.2, 0.25) is 5.95 Å². The monoisotopic (exact) mass is 249 g/mol. The van der Waals surface area contributed by atoms with Crippen LogP contribution in [0.1, 0.15) is 19.8 Å². The number of aromatic nitrogens is 2. The average Bonchev–Trinajstić information content (AvgIpc) is 2.46. The predicted octanol–water partition coefficient (Wildman–Crippen LogP) is 1.12. The molecule has 0 spiro atoms. The van der Waals surface area contributed by atoms with E-state index in [4.69, 9.17) is 0 Å². The predicted molar refractivity (Wildman–Crippen MR) is 75.3 cm³/mol. The largest absolute Gasteiger partial charge is 0.354 e. The maximum Gasteiger partial charge on any atom is 0.226 e. The minimum atomic E-state index is 0.833. The van der Waals surface area contributed by atoms with Gasteiger partial charge in [0.15, 0.2) is 0 Å². The molecule has 0 aromatic carbocycles. The minimum Gasteiger partial charge on any atom is -0.354 e. The van der Waals surface area contributed by atoms with Crippen molar-refractivity contribution in [1.29, 1.82) is 0 Å². The zero-order chi connectivity index (χ0) is 12.8. The summed E-state index contributed by atoms with van der Waals surface area (Å²) in [5, 5.41) is 3.35. The van der Waals surface area contributed by atoms with Gasteiger partial charge in [0.05, 0.1) is 0 Å². The molecule has 2 rings (SSSR count). The summed E-state index contributed by atoms with van der Waals surface area (Å²) in [6, 6.07) is 2.00. The van der Waals surface area contributed by atoms with Crippen LogP contribution in [0.4, 0.5) is 11.8 Å². The van der Waals surface area contributed by atoms with Gasteiger partial charge < -0.3 is 15.1 Å². The van der Waals surface area contributed by atoms with E-state index in [1.807, 2.05) is 12.3 Å². The number of rotatable bonds is 5. The molecule has 0 saturated carbocycles. The Labute approximate surface area is 109 Å². The molecule has 1 aromatic heterocycles. The van der Waals surface area contributed by atoms with Crippen molar-refractivity contribution < 1.29 is 0 Å². The lowest BCUT2D eigenvalue weighted by molar-refractivity contribution is 0.584. The number of hydrogen-bond acceptors (Lipinski definition) is 5. The third-order valence-corrected chi connectivity index (χ3v) is 3.26. The van der Waals surface area contributed by atoms with Crippen molar-refractivity contribution in [3.8, 4) is 0 Å². The van der Waals surface area contributed by atoms with Crippen molar-refractivity contribution in [1.82, 2.24) is 15.3 Å². The summed E-state index contributed by atoms with van der Waals surface area (Å²) in [6.45, 7) is 7.33. The second-order valence-corrected chi connectivity index (χ2v) is 4.73. The Morgan fingerprint density at radius 2 is 2.17 bits per heavy atom. The van der Waals surface area contributed by atoms with Gasteiger partial charge in [0.25, 0.3) is 0 Å². The van der Waals surface area contributed by atoms with Gasteiger partial charge in [0, 0.05) is 46.0 Å². The highest BCUT2D eigenvalue weighted by molar-refractivity contribution is 5.43. The zero-order valence-electron chi connectivity index (χ0n) is 11.4. The van der Waals surface area contributed by atoms with Crippen LogP contribution in [0.25, 0.3) is 0 Å². The first kappa shape index (κ1) is 13.1. The lowest BCUT2D eigenvalue weighted by Gasteiger charge is -2.29. The van der Waals surface area contributed by atoms with Crippen LogP contribution in [0, 0.1) is 0 Å². The molecule has 2 heterocycles. The molecule has 0 radical (unpaired) electrons. The molecule has 0 unspecified atom stereocenters. The van der Waals surface area contributed by atoms with E-state index in [0.29, 0.717) is 0 Å². The Kier molecular flexibility index (Phi) is 4.75. The number of unbranched alkanes of at least 4 members (excludes halogenated alkanes) is 1. The van der Waals surface area contributed by atoms with Gasteiger partial charge in [0.1, 0.15) is 5.82 Å². The van der Waals surface area contributed by atoms with E-state index < -0.39 is 0 Å². The third-order valence-electron chi connectivity index (χ3n) is 3.26. The van der Waals surface area contributed by atoms with Crippen molar-refractivity contribution in [3.05, 3.63) is 12.3 Å².